The molecule has 1 saturated heterocycles. The molecule has 176 valence electrons. The molecule has 3 aromatic rings. The largest absolute Gasteiger partial charge is 0.484 e. The van der Waals surface area contributed by atoms with E-state index in [0.29, 0.717) is 48.9 Å². The quantitative estimate of drug-likeness (QED) is 0.498. The van der Waals surface area contributed by atoms with Gasteiger partial charge in [-0.1, -0.05) is 30.3 Å². The predicted molar refractivity (Wildman–Crippen MR) is 126 cm³/mol. The third kappa shape index (κ3) is 5.69. The lowest BCUT2D eigenvalue weighted by Crippen LogP contribution is -2.40. The van der Waals surface area contributed by atoms with Crippen LogP contribution in [-0.2, 0) is 19.6 Å². The molecule has 0 spiro atoms. The maximum Gasteiger partial charge on any atom is 0.262 e. The van der Waals surface area contributed by atoms with E-state index in [-0.39, 0.29) is 17.3 Å². The normalized spacial score (nSPS) is 14.4. The highest BCUT2D eigenvalue weighted by atomic mass is 32.2. The number of ether oxygens (including phenoxy) is 2. The minimum absolute atomic E-state index is 0.0935. The fourth-order valence-electron chi connectivity index (χ4n) is 3.45. The SMILES string of the molecule is O=C(COc1ccc(C(=O)c2ccccc2)cc1)Nc1ccc(S(=O)(=O)N2CCOCC2)cc1. The molecule has 0 radical (unpaired) electrons. The predicted octanol–water partition coefficient (Wildman–Crippen LogP) is 2.96. The standard InChI is InChI=1S/C25H24N2O6S/c28-24(18-33-22-10-6-20(7-11-22)25(29)19-4-2-1-3-5-19)26-21-8-12-23(13-9-21)34(30,31)27-14-16-32-17-15-27/h1-13H,14-18H2,(H,26,28). The van der Waals surface area contributed by atoms with E-state index in [1.54, 1.807) is 48.5 Å². The number of morpholine rings is 1. The lowest BCUT2D eigenvalue weighted by molar-refractivity contribution is -0.118. The number of ketones is 1. The van der Waals surface area contributed by atoms with Gasteiger partial charge < -0.3 is 14.8 Å². The van der Waals surface area contributed by atoms with Crippen molar-refractivity contribution in [2.75, 3.05) is 38.2 Å². The minimum Gasteiger partial charge on any atom is -0.484 e. The van der Waals surface area contributed by atoms with Gasteiger partial charge in [0.05, 0.1) is 18.1 Å². The average Bonchev–Trinajstić information content (AvgIpc) is 2.89. The number of rotatable bonds is 8. The van der Waals surface area contributed by atoms with E-state index in [1.165, 1.54) is 28.6 Å². The number of hydrogen-bond donors (Lipinski definition) is 1. The van der Waals surface area contributed by atoms with E-state index in [9.17, 15) is 18.0 Å². The molecule has 1 fully saturated rings. The van der Waals surface area contributed by atoms with Crippen LogP contribution in [0.15, 0.2) is 83.8 Å². The Balaban J connectivity index is 1.29. The zero-order valence-corrected chi connectivity index (χ0v) is 19.2. The fourth-order valence-corrected chi connectivity index (χ4v) is 4.86. The van der Waals surface area contributed by atoms with E-state index in [0.717, 1.165) is 0 Å². The Morgan fingerprint density at radius 2 is 1.47 bits per heavy atom. The Kier molecular flexibility index (Phi) is 7.36. The number of nitrogens with one attached hydrogen (secondary N) is 1. The number of sulfonamides is 1. The van der Waals surface area contributed by atoms with Crippen molar-refractivity contribution in [1.29, 1.82) is 0 Å². The van der Waals surface area contributed by atoms with Gasteiger partial charge in [-0.05, 0) is 48.5 Å². The molecule has 1 amide bonds. The van der Waals surface area contributed by atoms with Crippen LogP contribution in [0.1, 0.15) is 15.9 Å². The van der Waals surface area contributed by atoms with Crippen molar-refractivity contribution in [3.8, 4) is 5.75 Å². The van der Waals surface area contributed by atoms with Gasteiger partial charge in [-0.25, -0.2) is 8.42 Å². The Bertz CT molecular complexity index is 1240. The number of anilines is 1. The van der Waals surface area contributed by atoms with Crippen LogP contribution in [-0.4, -0.2) is 57.3 Å². The fraction of sp³-hybridized carbons (Fsp3) is 0.200. The molecule has 1 N–H and O–H groups in total. The molecular formula is C25H24N2O6S. The van der Waals surface area contributed by atoms with Gasteiger partial charge in [-0.3, -0.25) is 9.59 Å². The van der Waals surface area contributed by atoms with Gasteiger partial charge in [-0.15, -0.1) is 0 Å². The van der Waals surface area contributed by atoms with Gasteiger partial charge >= 0.3 is 0 Å². The minimum atomic E-state index is -3.59. The summed E-state index contributed by atoms with van der Waals surface area (Å²) >= 11 is 0. The highest BCUT2D eigenvalue weighted by molar-refractivity contribution is 7.89. The molecule has 0 bridgehead atoms. The Morgan fingerprint density at radius 1 is 0.853 bits per heavy atom. The van der Waals surface area contributed by atoms with Gasteiger partial charge in [-0.2, -0.15) is 4.31 Å². The summed E-state index contributed by atoms with van der Waals surface area (Å²) < 4.78 is 37.4. The lowest BCUT2D eigenvalue weighted by atomic mass is 10.0. The van der Waals surface area contributed by atoms with Crippen molar-refractivity contribution in [2.24, 2.45) is 0 Å². The third-order valence-corrected chi connectivity index (χ3v) is 7.18. The highest BCUT2D eigenvalue weighted by Gasteiger charge is 2.26. The van der Waals surface area contributed by atoms with Crippen molar-refractivity contribution in [3.63, 3.8) is 0 Å². The average molecular weight is 481 g/mol. The van der Waals surface area contributed by atoms with Crippen molar-refractivity contribution >= 4 is 27.4 Å². The summed E-state index contributed by atoms with van der Waals surface area (Å²) in [6.07, 6.45) is 0. The maximum atomic E-state index is 12.7. The Morgan fingerprint density at radius 3 is 2.12 bits per heavy atom. The lowest BCUT2D eigenvalue weighted by Gasteiger charge is -2.26. The van der Waals surface area contributed by atoms with Crippen molar-refractivity contribution < 1.29 is 27.5 Å². The van der Waals surface area contributed by atoms with Crippen LogP contribution in [0.4, 0.5) is 5.69 Å². The molecule has 0 unspecified atom stereocenters. The van der Waals surface area contributed by atoms with Gasteiger partial charge in [0.2, 0.25) is 10.0 Å². The molecule has 0 aliphatic carbocycles. The zero-order chi connectivity index (χ0) is 24.0. The summed E-state index contributed by atoms with van der Waals surface area (Å²) in [5.74, 6) is -0.0380. The molecule has 1 heterocycles. The second-order valence-corrected chi connectivity index (χ2v) is 9.54. The molecule has 8 nitrogen and oxygen atoms in total. The smallest absolute Gasteiger partial charge is 0.262 e. The molecule has 9 heteroatoms. The molecule has 0 aromatic heterocycles. The van der Waals surface area contributed by atoms with Crippen LogP contribution in [0.5, 0.6) is 5.75 Å². The Hall–Kier alpha value is -3.53. The second-order valence-electron chi connectivity index (χ2n) is 7.60. The van der Waals surface area contributed by atoms with E-state index in [4.69, 9.17) is 9.47 Å². The summed E-state index contributed by atoms with van der Waals surface area (Å²) in [5, 5.41) is 2.68. The van der Waals surface area contributed by atoms with E-state index >= 15 is 0 Å². The number of hydrogen-bond acceptors (Lipinski definition) is 6. The van der Waals surface area contributed by atoms with Gasteiger partial charge in [0.1, 0.15) is 5.75 Å². The number of amides is 1. The first-order valence-electron chi connectivity index (χ1n) is 10.7. The number of benzene rings is 3. The molecule has 0 saturated carbocycles. The van der Waals surface area contributed by atoms with Gasteiger partial charge in [0, 0.05) is 29.9 Å². The molecule has 4 rings (SSSR count). The topological polar surface area (TPSA) is 102 Å². The second kappa shape index (κ2) is 10.6. The third-order valence-electron chi connectivity index (χ3n) is 5.27. The van der Waals surface area contributed by atoms with Crippen LogP contribution >= 0.6 is 0 Å². The van der Waals surface area contributed by atoms with Crippen molar-refractivity contribution in [2.45, 2.75) is 4.90 Å². The van der Waals surface area contributed by atoms with Crippen molar-refractivity contribution in [1.82, 2.24) is 4.31 Å². The van der Waals surface area contributed by atoms with Gasteiger partial charge in [0.15, 0.2) is 12.4 Å². The first kappa shape index (κ1) is 23.6. The van der Waals surface area contributed by atoms with Crippen LogP contribution in [0.2, 0.25) is 0 Å². The number of carbonyl (C=O) groups excluding carboxylic acids is 2. The van der Waals surface area contributed by atoms with E-state index in [1.807, 2.05) is 6.07 Å². The molecule has 0 atom stereocenters. The Labute approximate surface area is 198 Å². The number of nitrogens with zero attached hydrogens (tertiary/aromatic N) is 1. The monoisotopic (exact) mass is 480 g/mol. The van der Waals surface area contributed by atoms with E-state index < -0.39 is 15.9 Å². The summed E-state index contributed by atoms with van der Waals surface area (Å²) in [5.41, 5.74) is 1.58. The van der Waals surface area contributed by atoms with Gasteiger partial charge in [0.25, 0.3) is 5.91 Å². The zero-order valence-electron chi connectivity index (χ0n) is 18.3. The molecular weight excluding hydrogens is 456 g/mol. The maximum absolute atomic E-state index is 12.7. The molecule has 3 aromatic carbocycles. The number of carbonyl (C=O) groups is 2. The van der Waals surface area contributed by atoms with Crippen LogP contribution in [0.25, 0.3) is 0 Å². The molecule has 34 heavy (non-hydrogen) atoms. The van der Waals surface area contributed by atoms with E-state index in [2.05, 4.69) is 5.32 Å². The summed E-state index contributed by atoms with van der Waals surface area (Å²) in [6.45, 7) is 1.15. The summed E-state index contributed by atoms with van der Waals surface area (Å²) in [6, 6.07) is 21.5. The first-order chi connectivity index (χ1) is 16.4. The first-order valence-corrected chi connectivity index (χ1v) is 12.2. The van der Waals surface area contributed by atoms with Crippen LogP contribution in [0.3, 0.4) is 0 Å². The summed E-state index contributed by atoms with van der Waals surface area (Å²) in [4.78, 5) is 24.9. The molecule has 1 aliphatic rings. The van der Waals surface area contributed by atoms with Crippen LogP contribution in [0, 0.1) is 0 Å². The highest BCUT2D eigenvalue weighted by Crippen LogP contribution is 2.20. The summed E-state index contributed by atoms with van der Waals surface area (Å²) in [7, 11) is -3.59. The molecule has 1 aliphatic heterocycles. The van der Waals surface area contributed by atoms with Crippen LogP contribution < -0.4 is 10.1 Å². The van der Waals surface area contributed by atoms with Crippen molar-refractivity contribution in [3.05, 3.63) is 90.0 Å².